The van der Waals surface area contributed by atoms with Crippen LogP contribution in [0.15, 0.2) is 30.5 Å². The summed E-state index contributed by atoms with van der Waals surface area (Å²) in [7, 11) is 0. The molecule has 0 amide bonds. The van der Waals surface area contributed by atoms with Crippen LogP contribution in [0.1, 0.15) is 11.4 Å². The van der Waals surface area contributed by atoms with E-state index in [2.05, 4.69) is 9.97 Å². The van der Waals surface area contributed by atoms with Gasteiger partial charge in [-0.15, -0.1) is 11.6 Å². The number of imidazole rings is 1. The average Bonchev–Trinajstić information content (AvgIpc) is 2.84. The second-order valence-corrected chi connectivity index (χ2v) is 4.98. The molecule has 0 aliphatic heterocycles. The van der Waals surface area contributed by atoms with E-state index < -0.39 is 5.82 Å². The Hall–Kier alpha value is -2.16. The highest BCUT2D eigenvalue weighted by Crippen LogP contribution is 2.25. The maximum absolute atomic E-state index is 14.2. The van der Waals surface area contributed by atoms with E-state index in [1.807, 2.05) is 6.07 Å². The number of aromatic nitrogens is 3. The smallest absolute Gasteiger partial charge is 0.164 e. The molecule has 4 nitrogen and oxygen atoms in total. The Morgan fingerprint density at radius 2 is 2.14 bits per heavy atom. The molecule has 3 rings (SSSR count). The van der Waals surface area contributed by atoms with Crippen molar-refractivity contribution in [2.24, 2.45) is 0 Å². The number of fused-ring (bicyclic) bond motifs is 1. The summed E-state index contributed by atoms with van der Waals surface area (Å²) in [5, 5.41) is 9.24. The minimum absolute atomic E-state index is 0.0907. The first-order valence-corrected chi connectivity index (χ1v) is 6.84. The fourth-order valence-corrected chi connectivity index (χ4v) is 2.42. The molecule has 0 saturated carbocycles. The maximum Gasteiger partial charge on any atom is 0.164 e. The van der Waals surface area contributed by atoms with Crippen LogP contribution >= 0.6 is 23.2 Å². The second kappa shape index (κ2) is 5.32. The van der Waals surface area contributed by atoms with Crippen LogP contribution in [0.3, 0.4) is 0 Å². The molecule has 7 heteroatoms. The Kier molecular flexibility index (Phi) is 3.50. The van der Waals surface area contributed by atoms with Crippen molar-refractivity contribution in [2.45, 2.75) is 5.88 Å². The van der Waals surface area contributed by atoms with E-state index in [1.54, 1.807) is 6.07 Å². The van der Waals surface area contributed by atoms with Crippen molar-refractivity contribution in [3.8, 4) is 11.8 Å². The van der Waals surface area contributed by atoms with Gasteiger partial charge in [-0.3, -0.25) is 4.57 Å². The topological polar surface area (TPSA) is 54.5 Å². The summed E-state index contributed by atoms with van der Waals surface area (Å²) in [5.74, 6) is -0.00513. The highest BCUT2D eigenvalue weighted by molar-refractivity contribution is 6.31. The zero-order chi connectivity index (χ0) is 15.0. The van der Waals surface area contributed by atoms with Crippen molar-refractivity contribution in [1.82, 2.24) is 14.5 Å². The Bertz CT molecular complexity index is 883. The van der Waals surface area contributed by atoms with E-state index in [-0.39, 0.29) is 17.1 Å². The molecule has 0 aliphatic carbocycles. The van der Waals surface area contributed by atoms with Gasteiger partial charge in [0.05, 0.1) is 28.2 Å². The van der Waals surface area contributed by atoms with Crippen LogP contribution in [0.25, 0.3) is 16.9 Å². The molecule has 0 bridgehead atoms. The zero-order valence-electron chi connectivity index (χ0n) is 10.5. The number of nitriles is 1. The van der Waals surface area contributed by atoms with Gasteiger partial charge in [-0.05, 0) is 24.3 Å². The van der Waals surface area contributed by atoms with E-state index in [0.717, 1.165) is 6.07 Å². The number of benzene rings is 1. The fourth-order valence-electron chi connectivity index (χ4n) is 2.09. The first-order chi connectivity index (χ1) is 10.1. The SMILES string of the molecule is N#Cc1ccc(-n2c(CCl)nc3cc(Cl)cnc32)c(F)c1. The summed E-state index contributed by atoms with van der Waals surface area (Å²) in [4.78, 5) is 8.49. The highest BCUT2D eigenvalue weighted by atomic mass is 35.5. The van der Waals surface area contributed by atoms with Crippen LogP contribution in [0, 0.1) is 17.1 Å². The summed E-state index contributed by atoms with van der Waals surface area (Å²) >= 11 is 11.8. The van der Waals surface area contributed by atoms with Gasteiger partial charge in [-0.1, -0.05) is 11.6 Å². The van der Waals surface area contributed by atoms with E-state index in [0.29, 0.717) is 22.0 Å². The Balaban J connectivity index is 2.31. The molecule has 0 N–H and O–H groups in total. The average molecular weight is 321 g/mol. The maximum atomic E-state index is 14.2. The third-order valence-corrected chi connectivity index (χ3v) is 3.42. The predicted octanol–water partition coefficient (Wildman–Crippen LogP) is 3.82. The van der Waals surface area contributed by atoms with Crippen LogP contribution in [0.5, 0.6) is 0 Å². The van der Waals surface area contributed by atoms with E-state index in [1.165, 1.54) is 22.9 Å². The van der Waals surface area contributed by atoms with Gasteiger partial charge in [0.25, 0.3) is 0 Å². The van der Waals surface area contributed by atoms with Crippen molar-refractivity contribution < 1.29 is 4.39 Å². The summed E-state index contributed by atoms with van der Waals surface area (Å²) in [5.41, 5.74) is 1.46. The van der Waals surface area contributed by atoms with Gasteiger partial charge in [0.1, 0.15) is 17.2 Å². The minimum atomic E-state index is -0.545. The predicted molar refractivity (Wildman–Crippen MR) is 78.1 cm³/mol. The monoisotopic (exact) mass is 320 g/mol. The fraction of sp³-hybridized carbons (Fsp3) is 0.0714. The van der Waals surface area contributed by atoms with E-state index in [9.17, 15) is 4.39 Å². The third kappa shape index (κ3) is 2.33. The standard InChI is InChI=1S/C14H7Cl2FN4/c15-5-13-20-11-4-9(16)7-19-14(11)21(13)12-2-1-8(6-18)3-10(12)17/h1-4,7H,5H2. The van der Waals surface area contributed by atoms with Gasteiger partial charge in [-0.25, -0.2) is 14.4 Å². The molecule has 0 fully saturated rings. The molecule has 21 heavy (non-hydrogen) atoms. The quantitative estimate of drug-likeness (QED) is 0.674. The van der Waals surface area contributed by atoms with Crippen LogP contribution in [-0.2, 0) is 5.88 Å². The number of nitrogens with zero attached hydrogens (tertiary/aromatic N) is 4. The molecule has 2 heterocycles. The molecule has 1 aromatic carbocycles. The van der Waals surface area contributed by atoms with Gasteiger partial charge in [0.2, 0.25) is 0 Å². The minimum Gasteiger partial charge on any atom is -0.277 e. The van der Waals surface area contributed by atoms with Gasteiger partial charge in [-0.2, -0.15) is 5.26 Å². The molecular formula is C14H7Cl2FN4. The lowest BCUT2D eigenvalue weighted by atomic mass is 10.2. The number of hydrogen-bond donors (Lipinski definition) is 0. The lowest BCUT2D eigenvalue weighted by Gasteiger charge is -2.08. The molecule has 0 radical (unpaired) electrons. The Morgan fingerprint density at radius 3 is 2.81 bits per heavy atom. The van der Waals surface area contributed by atoms with Crippen molar-refractivity contribution in [3.63, 3.8) is 0 Å². The number of halogens is 3. The largest absolute Gasteiger partial charge is 0.277 e. The van der Waals surface area contributed by atoms with Gasteiger partial charge >= 0.3 is 0 Å². The highest BCUT2D eigenvalue weighted by Gasteiger charge is 2.16. The molecule has 2 aromatic heterocycles. The van der Waals surface area contributed by atoms with Gasteiger partial charge < -0.3 is 0 Å². The Morgan fingerprint density at radius 1 is 1.33 bits per heavy atom. The van der Waals surface area contributed by atoms with Crippen molar-refractivity contribution in [3.05, 3.63) is 52.7 Å². The first kappa shape index (κ1) is 13.8. The number of alkyl halides is 1. The Labute approximate surface area is 129 Å². The summed E-state index contributed by atoms with van der Waals surface area (Å²) in [6, 6.07) is 7.72. The summed E-state index contributed by atoms with van der Waals surface area (Å²) in [6.07, 6.45) is 1.46. The second-order valence-electron chi connectivity index (χ2n) is 4.27. The number of hydrogen-bond acceptors (Lipinski definition) is 3. The van der Waals surface area contributed by atoms with E-state index >= 15 is 0 Å². The third-order valence-electron chi connectivity index (χ3n) is 2.97. The summed E-state index contributed by atoms with van der Waals surface area (Å²) < 4.78 is 15.8. The van der Waals surface area contributed by atoms with Crippen LogP contribution in [0.2, 0.25) is 5.02 Å². The normalized spacial score (nSPS) is 10.8. The van der Waals surface area contributed by atoms with Crippen molar-refractivity contribution in [1.29, 1.82) is 5.26 Å². The number of rotatable bonds is 2. The molecule has 0 saturated heterocycles. The van der Waals surface area contributed by atoms with Crippen LogP contribution in [-0.4, -0.2) is 14.5 Å². The number of pyridine rings is 1. The summed E-state index contributed by atoms with van der Waals surface area (Å²) in [6.45, 7) is 0. The zero-order valence-corrected chi connectivity index (χ0v) is 12.0. The lowest BCUT2D eigenvalue weighted by Crippen LogP contribution is -2.03. The molecule has 0 atom stereocenters. The van der Waals surface area contributed by atoms with E-state index in [4.69, 9.17) is 28.5 Å². The lowest BCUT2D eigenvalue weighted by molar-refractivity contribution is 0.617. The molecule has 3 aromatic rings. The molecular weight excluding hydrogens is 314 g/mol. The van der Waals surface area contributed by atoms with Crippen LogP contribution in [0.4, 0.5) is 4.39 Å². The van der Waals surface area contributed by atoms with Gasteiger partial charge in [0.15, 0.2) is 5.65 Å². The molecule has 0 spiro atoms. The molecule has 0 aliphatic rings. The molecule has 104 valence electrons. The first-order valence-electron chi connectivity index (χ1n) is 5.93. The molecule has 0 unspecified atom stereocenters. The van der Waals surface area contributed by atoms with Crippen molar-refractivity contribution in [2.75, 3.05) is 0 Å². The van der Waals surface area contributed by atoms with Gasteiger partial charge in [0, 0.05) is 6.20 Å². The van der Waals surface area contributed by atoms with Crippen molar-refractivity contribution >= 4 is 34.4 Å². The van der Waals surface area contributed by atoms with Crippen LogP contribution < -0.4 is 0 Å².